The van der Waals surface area contributed by atoms with Gasteiger partial charge in [-0.3, -0.25) is 14.3 Å². The van der Waals surface area contributed by atoms with Crippen LogP contribution in [0.5, 0.6) is 11.5 Å². The molecule has 0 saturated carbocycles. The average molecular weight is 486 g/mol. The Morgan fingerprint density at radius 2 is 1.79 bits per heavy atom. The minimum absolute atomic E-state index is 0.127. The van der Waals surface area contributed by atoms with Gasteiger partial charge in [-0.25, -0.2) is 4.98 Å². The van der Waals surface area contributed by atoms with Crippen molar-refractivity contribution in [1.29, 1.82) is 0 Å². The van der Waals surface area contributed by atoms with Crippen LogP contribution < -0.4 is 15.0 Å². The number of nitrogens with zero attached hydrogens (tertiary/aromatic N) is 3. The molecule has 2 aromatic heterocycles. The summed E-state index contributed by atoms with van der Waals surface area (Å²) in [4.78, 5) is 21.8. The number of rotatable bonds is 6. The van der Waals surface area contributed by atoms with Gasteiger partial charge in [0, 0.05) is 34.1 Å². The molecule has 2 aromatic carbocycles. The minimum Gasteiger partial charge on any atom is -0.493 e. The molecule has 4 aromatic rings. The molecule has 1 aliphatic rings. The zero-order valence-corrected chi connectivity index (χ0v) is 20.0. The van der Waals surface area contributed by atoms with Gasteiger partial charge in [-0.05, 0) is 12.1 Å². The van der Waals surface area contributed by atoms with E-state index in [1.807, 2.05) is 24.3 Å². The molecule has 0 radical (unpaired) electrons. The second kappa shape index (κ2) is 9.30. The first-order valence-corrected chi connectivity index (χ1v) is 11.9. The van der Waals surface area contributed by atoms with Crippen molar-refractivity contribution in [3.8, 4) is 11.5 Å². The Hall–Kier alpha value is -2.65. The van der Waals surface area contributed by atoms with Gasteiger partial charge >= 0.3 is 0 Å². The quantitative estimate of drug-likeness (QED) is 0.408. The Bertz CT molecular complexity index is 1380. The molecule has 0 bridgehead atoms. The largest absolute Gasteiger partial charge is 0.493 e. The highest BCUT2D eigenvalue weighted by Gasteiger charge is 2.20. The first kappa shape index (κ1) is 22.2. The number of halogens is 1. The van der Waals surface area contributed by atoms with Crippen LogP contribution in [0.3, 0.4) is 0 Å². The van der Waals surface area contributed by atoms with E-state index in [0.717, 1.165) is 28.1 Å². The van der Waals surface area contributed by atoms with Crippen LogP contribution in [0.2, 0.25) is 5.02 Å². The molecule has 7 nitrogen and oxygen atoms in total. The molecule has 3 heterocycles. The van der Waals surface area contributed by atoms with Crippen molar-refractivity contribution in [1.82, 2.24) is 14.5 Å². The molecule has 0 atom stereocenters. The maximum absolute atomic E-state index is 13.7. The van der Waals surface area contributed by atoms with Crippen molar-refractivity contribution >= 4 is 43.9 Å². The van der Waals surface area contributed by atoms with E-state index in [0.29, 0.717) is 59.6 Å². The van der Waals surface area contributed by atoms with Crippen LogP contribution in [0.1, 0.15) is 10.7 Å². The van der Waals surface area contributed by atoms with Crippen LogP contribution in [0.4, 0.5) is 0 Å². The Morgan fingerprint density at radius 1 is 1.06 bits per heavy atom. The number of methoxy groups -OCH3 is 2. The summed E-state index contributed by atoms with van der Waals surface area (Å²) in [6.45, 7) is 3.84. The lowest BCUT2D eigenvalue weighted by Crippen LogP contribution is -2.38. The van der Waals surface area contributed by atoms with E-state index < -0.39 is 0 Å². The lowest BCUT2D eigenvalue weighted by Gasteiger charge is -2.27. The van der Waals surface area contributed by atoms with E-state index in [2.05, 4.69) is 4.90 Å². The standard InChI is InChI=1S/C24H24ClN3O4S/c1-30-18-11-16-17(12-19(18)31-2)26-22(14-27-7-9-32-10-8-27)28(24(16)29)13-21-23(25)15-5-3-4-6-20(15)33-21/h3-6,11-12H,7-10,13-14H2,1-2H3. The monoisotopic (exact) mass is 485 g/mol. The molecular weight excluding hydrogens is 462 g/mol. The van der Waals surface area contributed by atoms with Crippen molar-refractivity contribution < 1.29 is 14.2 Å². The molecule has 9 heteroatoms. The van der Waals surface area contributed by atoms with Gasteiger partial charge in [0.25, 0.3) is 5.56 Å². The highest BCUT2D eigenvalue weighted by molar-refractivity contribution is 7.19. The van der Waals surface area contributed by atoms with Gasteiger partial charge in [-0.15, -0.1) is 11.3 Å². The smallest absolute Gasteiger partial charge is 0.261 e. The summed E-state index contributed by atoms with van der Waals surface area (Å²) in [6.07, 6.45) is 0. The zero-order valence-electron chi connectivity index (χ0n) is 18.5. The van der Waals surface area contributed by atoms with Gasteiger partial charge in [-0.1, -0.05) is 29.8 Å². The highest BCUT2D eigenvalue weighted by Crippen LogP contribution is 2.36. The van der Waals surface area contributed by atoms with Crippen molar-refractivity contribution in [2.75, 3.05) is 40.5 Å². The van der Waals surface area contributed by atoms with E-state index in [9.17, 15) is 4.79 Å². The normalized spacial score (nSPS) is 14.8. The van der Waals surface area contributed by atoms with Crippen molar-refractivity contribution in [2.24, 2.45) is 0 Å². The highest BCUT2D eigenvalue weighted by atomic mass is 35.5. The second-order valence-corrected chi connectivity index (χ2v) is 9.38. The topological polar surface area (TPSA) is 65.8 Å². The van der Waals surface area contributed by atoms with E-state index in [1.54, 1.807) is 42.3 Å². The summed E-state index contributed by atoms with van der Waals surface area (Å²) < 4.78 is 19.2. The van der Waals surface area contributed by atoms with Gasteiger partial charge in [-0.2, -0.15) is 0 Å². The SMILES string of the molecule is COc1cc2nc(CN3CCOCC3)n(Cc3sc4ccccc4c3Cl)c(=O)c2cc1OC. The molecule has 5 rings (SSSR count). The summed E-state index contributed by atoms with van der Waals surface area (Å²) in [5.74, 6) is 1.73. The molecule has 0 unspecified atom stereocenters. The predicted octanol–water partition coefficient (Wildman–Crippen LogP) is 4.16. The van der Waals surface area contributed by atoms with Crippen LogP contribution >= 0.6 is 22.9 Å². The molecule has 1 aliphatic heterocycles. The Balaban J connectivity index is 1.66. The number of aromatic nitrogens is 2. The van der Waals surface area contributed by atoms with Crippen molar-refractivity contribution in [3.63, 3.8) is 0 Å². The average Bonchev–Trinajstić information content (AvgIpc) is 3.16. The summed E-state index contributed by atoms with van der Waals surface area (Å²) in [7, 11) is 3.13. The molecule has 1 saturated heterocycles. The van der Waals surface area contributed by atoms with Crippen LogP contribution in [0, 0.1) is 0 Å². The number of morpholine rings is 1. The third kappa shape index (κ3) is 4.19. The molecule has 0 amide bonds. The molecule has 0 aliphatic carbocycles. The van der Waals surface area contributed by atoms with Crippen LogP contribution in [-0.2, 0) is 17.8 Å². The number of thiophene rings is 1. The molecule has 0 N–H and O–H groups in total. The van der Waals surface area contributed by atoms with Gasteiger partial charge < -0.3 is 14.2 Å². The minimum atomic E-state index is -0.127. The van der Waals surface area contributed by atoms with Gasteiger partial charge in [0.05, 0.1) is 56.4 Å². The fourth-order valence-corrected chi connectivity index (χ4v) is 5.63. The van der Waals surface area contributed by atoms with Crippen molar-refractivity contribution in [3.05, 3.63) is 62.5 Å². The first-order chi connectivity index (χ1) is 16.1. The Labute approximate surface area is 200 Å². The number of hydrogen-bond acceptors (Lipinski definition) is 7. The van der Waals surface area contributed by atoms with Crippen LogP contribution in [-0.4, -0.2) is 55.0 Å². The predicted molar refractivity (Wildman–Crippen MR) is 131 cm³/mol. The van der Waals surface area contributed by atoms with Gasteiger partial charge in [0.15, 0.2) is 11.5 Å². The Kier molecular flexibility index (Phi) is 6.25. The third-order valence-corrected chi connectivity index (χ3v) is 7.61. The third-order valence-electron chi connectivity index (χ3n) is 5.91. The summed E-state index contributed by atoms with van der Waals surface area (Å²) in [5.41, 5.74) is 0.456. The maximum atomic E-state index is 13.7. The fourth-order valence-electron chi connectivity index (χ4n) is 4.15. The zero-order chi connectivity index (χ0) is 22.9. The van der Waals surface area contributed by atoms with Crippen molar-refractivity contribution in [2.45, 2.75) is 13.1 Å². The van der Waals surface area contributed by atoms with Gasteiger partial charge in [0.2, 0.25) is 0 Å². The summed E-state index contributed by atoms with van der Waals surface area (Å²) in [6, 6.07) is 11.5. The van der Waals surface area contributed by atoms with E-state index >= 15 is 0 Å². The van der Waals surface area contributed by atoms with Crippen LogP contribution in [0.25, 0.3) is 21.0 Å². The van der Waals surface area contributed by atoms with E-state index in [4.69, 9.17) is 30.8 Å². The Morgan fingerprint density at radius 3 is 2.52 bits per heavy atom. The second-order valence-electron chi connectivity index (χ2n) is 7.87. The number of ether oxygens (including phenoxy) is 3. The fraction of sp³-hybridized carbons (Fsp3) is 0.333. The maximum Gasteiger partial charge on any atom is 0.261 e. The lowest BCUT2D eigenvalue weighted by molar-refractivity contribution is 0.0325. The molecule has 33 heavy (non-hydrogen) atoms. The molecule has 1 fully saturated rings. The number of hydrogen-bond donors (Lipinski definition) is 0. The van der Waals surface area contributed by atoms with E-state index in [1.165, 1.54) is 0 Å². The lowest BCUT2D eigenvalue weighted by atomic mass is 10.2. The molecule has 0 spiro atoms. The number of fused-ring (bicyclic) bond motifs is 2. The number of benzene rings is 2. The summed E-state index contributed by atoms with van der Waals surface area (Å²) >= 11 is 8.32. The first-order valence-electron chi connectivity index (χ1n) is 10.7. The molecule has 172 valence electrons. The van der Waals surface area contributed by atoms with E-state index in [-0.39, 0.29) is 5.56 Å². The summed E-state index contributed by atoms with van der Waals surface area (Å²) in [5, 5.41) is 2.17. The molecular formula is C24H24ClN3O4S. The van der Waals surface area contributed by atoms with Crippen LogP contribution in [0.15, 0.2) is 41.2 Å². The van der Waals surface area contributed by atoms with Gasteiger partial charge in [0.1, 0.15) is 5.82 Å².